The van der Waals surface area contributed by atoms with Gasteiger partial charge in [-0.05, 0) is 38.9 Å². The summed E-state index contributed by atoms with van der Waals surface area (Å²) in [5.74, 6) is 0.228. The summed E-state index contributed by atoms with van der Waals surface area (Å²) < 4.78 is 0. The van der Waals surface area contributed by atoms with E-state index in [1.165, 1.54) is 32.1 Å². The molecule has 0 spiro atoms. The van der Waals surface area contributed by atoms with Gasteiger partial charge in [0.2, 0.25) is 5.91 Å². The molecule has 0 aromatic carbocycles. The lowest BCUT2D eigenvalue weighted by molar-refractivity contribution is -0.128. The summed E-state index contributed by atoms with van der Waals surface area (Å²) in [7, 11) is 0. The first-order valence-corrected chi connectivity index (χ1v) is 8.00. The largest absolute Gasteiger partial charge is 0.351 e. The quantitative estimate of drug-likeness (QED) is 0.791. The third-order valence-electron chi connectivity index (χ3n) is 4.71. The van der Waals surface area contributed by atoms with E-state index >= 15 is 0 Å². The van der Waals surface area contributed by atoms with Crippen molar-refractivity contribution in [2.45, 2.75) is 58.0 Å². The SMILES string of the molecule is CCN(CC)CCCN1CC(=O)N[C@H]2CCCC[C@H]21. The van der Waals surface area contributed by atoms with Crippen LogP contribution in [-0.4, -0.2) is 60.5 Å². The fraction of sp³-hybridized carbons (Fsp3) is 0.933. The van der Waals surface area contributed by atoms with E-state index in [2.05, 4.69) is 29.0 Å². The number of nitrogens with one attached hydrogen (secondary N) is 1. The molecule has 1 heterocycles. The predicted octanol–water partition coefficient (Wildman–Crippen LogP) is 1.46. The molecule has 0 bridgehead atoms. The van der Waals surface area contributed by atoms with E-state index in [0.717, 1.165) is 26.2 Å². The molecule has 0 aromatic rings. The maximum absolute atomic E-state index is 11.8. The molecule has 110 valence electrons. The summed E-state index contributed by atoms with van der Waals surface area (Å²) >= 11 is 0. The molecule has 1 amide bonds. The monoisotopic (exact) mass is 267 g/mol. The van der Waals surface area contributed by atoms with Crippen molar-refractivity contribution in [2.24, 2.45) is 0 Å². The van der Waals surface area contributed by atoms with Crippen LogP contribution in [0, 0.1) is 0 Å². The third kappa shape index (κ3) is 3.93. The van der Waals surface area contributed by atoms with Gasteiger partial charge in [-0.15, -0.1) is 0 Å². The van der Waals surface area contributed by atoms with Gasteiger partial charge in [-0.3, -0.25) is 9.69 Å². The van der Waals surface area contributed by atoms with Crippen LogP contribution in [0.3, 0.4) is 0 Å². The van der Waals surface area contributed by atoms with Crippen LogP contribution in [0.5, 0.6) is 0 Å². The Bertz CT molecular complexity index is 291. The summed E-state index contributed by atoms with van der Waals surface area (Å²) in [6.07, 6.45) is 6.20. The van der Waals surface area contributed by atoms with Gasteiger partial charge in [0.05, 0.1) is 6.54 Å². The van der Waals surface area contributed by atoms with Gasteiger partial charge in [0, 0.05) is 18.6 Å². The van der Waals surface area contributed by atoms with Crippen LogP contribution >= 0.6 is 0 Å². The van der Waals surface area contributed by atoms with Crippen molar-refractivity contribution in [1.29, 1.82) is 0 Å². The number of piperazine rings is 1. The van der Waals surface area contributed by atoms with Crippen molar-refractivity contribution >= 4 is 5.91 Å². The topological polar surface area (TPSA) is 35.6 Å². The Kier molecular flexibility index (Phi) is 5.64. The number of nitrogens with zero attached hydrogens (tertiary/aromatic N) is 2. The molecule has 1 aliphatic heterocycles. The minimum Gasteiger partial charge on any atom is -0.351 e. The second kappa shape index (κ2) is 7.25. The van der Waals surface area contributed by atoms with Crippen molar-refractivity contribution in [3.05, 3.63) is 0 Å². The van der Waals surface area contributed by atoms with Crippen LogP contribution < -0.4 is 5.32 Å². The highest BCUT2D eigenvalue weighted by atomic mass is 16.2. The molecule has 2 rings (SSSR count). The van der Waals surface area contributed by atoms with Crippen LogP contribution in [0.1, 0.15) is 46.0 Å². The molecule has 2 aliphatic rings. The van der Waals surface area contributed by atoms with Crippen LogP contribution in [0.15, 0.2) is 0 Å². The van der Waals surface area contributed by atoms with Gasteiger partial charge in [-0.25, -0.2) is 0 Å². The molecule has 1 saturated carbocycles. The zero-order valence-corrected chi connectivity index (χ0v) is 12.5. The highest BCUT2D eigenvalue weighted by Crippen LogP contribution is 2.25. The summed E-state index contributed by atoms with van der Waals surface area (Å²) in [6.45, 7) is 9.53. The Morgan fingerprint density at radius 1 is 1.26 bits per heavy atom. The Balaban J connectivity index is 1.81. The zero-order chi connectivity index (χ0) is 13.7. The Hall–Kier alpha value is -0.610. The highest BCUT2D eigenvalue weighted by Gasteiger charge is 2.35. The summed E-state index contributed by atoms with van der Waals surface area (Å²) in [6, 6.07) is 1.02. The second-order valence-electron chi connectivity index (χ2n) is 5.88. The average Bonchev–Trinajstić information content (AvgIpc) is 2.43. The number of rotatable bonds is 6. The van der Waals surface area contributed by atoms with Crippen molar-refractivity contribution < 1.29 is 4.79 Å². The van der Waals surface area contributed by atoms with Gasteiger partial charge in [-0.1, -0.05) is 26.7 Å². The molecule has 2 fully saturated rings. The predicted molar refractivity (Wildman–Crippen MR) is 78.2 cm³/mol. The fourth-order valence-electron chi connectivity index (χ4n) is 3.55. The zero-order valence-electron chi connectivity index (χ0n) is 12.5. The number of hydrogen-bond donors (Lipinski definition) is 1. The number of carbonyl (C=O) groups excluding carboxylic acids is 1. The molecule has 4 nitrogen and oxygen atoms in total. The standard InChI is InChI=1S/C15H29N3O/c1-3-17(4-2)10-7-11-18-12-15(19)16-13-8-5-6-9-14(13)18/h13-14H,3-12H2,1-2H3,(H,16,19)/t13-,14+/m0/s1. The van der Waals surface area contributed by atoms with E-state index in [-0.39, 0.29) is 5.91 Å². The normalized spacial score (nSPS) is 28.3. The number of amides is 1. The number of carbonyl (C=O) groups is 1. The number of hydrogen-bond acceptors (Lipinski definition) is 3. The number of fused-ring (bicyclic) bond motifs is 1. The first kappa shape index (κ1) is 14.8. The fourth-order valence-corrected chi connectivity index (χ4v) is 3.55. The second-order valence-corrected chi connectivity index (χ2v) is 5.88. The molecule has 4 heteroatoms. The molecule has 0 radical (unpaired) electrons. The maximum Gasteiger partial charge on any atom is 0.234 e. The molecule has 0 aromatic heterocycles. The Labute approximate surface area is 117 Å². The van der Waals surface area contributed by atoms with Gasteiger partial charge >= 0.3 is 0 Å². The summed E-state index contributed by atoms with van der Waals surface area (Å²) in [4.78, 5) is 16.7. The Morgan fingerprint density at radius 3 is 2.74 bits per heavy atom. The third-order valence-corrected chi connectivity index (χ3v) is 4.71. The first-order valence-electron chi connectivity index (χ1n) is 8.00. The summed E-state index contributed by atoms with van der Waals surface area (Å²) in [5, 5.41) is 3.18. The molecule has 19 heavy (non-hydrogen) atoms. The van der Waals surface area contributed by atoms with Gasteiger partial charge in [-0.2, -0.15) is 0 Å². The van der Waals surface area contributed by atoms with Crippen molar-refractivity contribution in [1.82, 2.24) is 15.1 Å². The molecule has 0 unspecified atom stereocenters. The molecule has 2 atom stereocenters. The van der Waals surface area contributed by atoms with Gasteiger partial charge in [0.25, 0.3) is 0 Å². The van der Waals surface area contributed by atoms with Gasteiger partial charge < -0.3 is 10.2 Å². The first-order chi connectivity index (χ1) is 9.24. The van der Waals surface area contributed by atoms with E-state index in [1.54, 1.807) is 0 Å². The van der Waals surface area contributed by atoms with Gasteiger partial charge in [0.15, 0.2) is 0 Å². The summed E-state index contributed by atoms with van der Waals surface area (Å²) in [5.41, 5.74) is 0. The molecule has 1 N–H and O–H groups in total. The molecule has 1 saturated heterocycles. The van der Waals surface area contributed by atoms with Crippen LogP contribution in [0.25, 0.3) is 0 Å². The van der Waals surface area contributed by atoms with Gasteiger partial charge in [0.1, 0.15) is 0 Å². The van der Waals surface area contributed by atoms with Crippen molar-refractivity contribution in [2.75, 3.05) is 32.7 Å². The van der Waals surface area contributed by atoms with E-state index < -0.39 is 0 Å². The van der Waals surface area contributed by atoms with Crippen LogP contribution in [-0.2, 0) is 4.79 Å². The van der Waals surface area contributed by atoms with Crippen molar-refractivity contribution in [3.63, 3.8) is 0 Å². The van der Waals surface area contributed by atoms with E-state index in [4.69, 9.17) is 0 Å². The Morgan fingerprint density at radius 2 is 2.00 bits per heavy atom. The van der Waals surface area contributed by atoms with E-state index in [1.807, 2.05) is 0 Å². The lowest BCUT2D eigenvalue weighted by Crippen LogP contribution is -2.61. The molecular formula is C15H29N3O. The maximum atomic E-state index is 11.8. The average molecular weight is 267 g/mol. The smallest absolute Gasteiger partial charge is 0.234 e. The van der Waals surface area contributed by atoms with Crippen LogP contribution in [0.2, 0.25) is 0 Å². The van der Waals surface area contributed by atoms with E-state index in [9.17, 15) is 4.79 Å². The minimum absolute atomic E-state index is 0.228. The molecule has 1 aliphatic carbocycles. The van der Waals surface area contributed by atoms with E-state index in [0.29, 0.717) is 18.6 Å². The lowest BCUT2D eigenvalue weighted by atomic mass is 9.87. The van der Waals surface area contributed by atoms with Crippen molar-refractivity contribution in [3.8, 4) is 0 Å². The highest BCUT2D eigenvalue weighted by molar-refractivity contribution is 5.79. The van der Waals surface area contributed by atoms with Crippen LogP contribution in [0.4, 0.5) is 0 Å². The minimum atomic E-state index is 0.228. The molecular weight excluding hydrogens is 238 g/mol. The lowest BCUT2D eigenvalue weighted by Gasteiger charge is -2.44.